The lowest BCUT2D eigenvalue weighted by atomic mass is 9.57. The van der Waals surface area contributed by atoms with E-state index in [1.54, 1.807) is 54.6 Å². The summed E-state index contributed by atoms with van der Waals surface area (Å²) in [5, 5.41) is 29.1. The lowest BCUT2D eigenvalue weighted by Crippen LogP contribution is -2.43. The number of amides is 4. The summed E-state index contributed by atoms with van der Waals surface area (Å²) in [5.74, 6) is -6.49. The number of rotatable bonds is 7. The van der Waals surface area contributed by atoms with E-state index in [2.05, 4.69) is 0 Å². The van der Waals surface area contributed by atoms with Crippen molar-refractivity contribution in [1.29, 1.82) is 0 Å². The van der Waals surface area contributed by atoms with Crippen molar-refractivity contribution in [3.8, 4) is 17.2 Å². The molecule has 9 nitrogen and oxygen atoms in total. The van der Waals surface area contributed by atoms with Gasteiger partial charge < -0.3 is 15.3 Å². The molecule has 236 valence electrons. The van der Waals surface area contributed by atoms with E-state index in [0.717, 1.165) is 16.7 Å². The molecule has 7 rings (SSSR count). The van der Waals surface area contributed by atoms with Crippen LogP contribution in [0.2, 0.25) is 0 Å². The van der Waals surface area contributed by atoms with E-state index in [0.29, 0.717) is 18.4 Å². The number of allylic oxidation sites excluding steroid dienone is 2. The molecule has 4 aliphatic rings. The van der Waals surface area contributed by atoms with Crippen molar-refractivity contribution in [3.05, 3.63) is 101 Å². The molecule has 2 saturated heterocycles. The van der Waals surface area contributed by atoms with E-state index < -0.39 is 47.1 Å². The SMILES string of the molecule is O=C1C2CC=C3C(CC4C(=O)N(CCc5ccc(O)cc5)C(=O)C4C3c3ccc(O)c(F)c3)C2C(=O)N1CCc1ccc(O)cc1. The van der Waals surface area contributed by atoms with Gasteiger partial charge in [-0.3, -0.25) is 29.0 Å². The molecule has 3 N–H and O–H groups in total. The van der Waals surface area contributed by atoms with E-state index in [1.165, 1.54) is 21.9 Å². The number of hydrogen-bond donors (Lipinski definition) is 3. The molecule has 10 heteroatoms. The molecule has 3 fully saturated rings. The highest BCUT2D eigenvalue weighted by atomic mass is 19.1. The van der Waals surface area contributed by atoms with Gasteiger partial charge in [0.15, 0.2) is 11.6 Å². The van der Waals surface area contributed by atoms with E-state index in [4.69, 9.17) is 0 Å². The van der Waals surface area contributed by atoms with Crippen LogP contribution < -0.4 is 0 Å². The van der Waals surface area contributed by atoms with Gasteiger partial charge in [-0.2, -0.15) is 0 Å². The number of carbonyl (C=O) groups excluding carboxylic acids is 4. The van der Waals surface area contributed by atoms with Crippen molar-refractivity contribution in [2.24, 2.45) is 29.6 Å². The second-order valence-corrected chi connectivity index (χ2v) is 12.7. The Labute approximate surface area is 264 Å². The van der Waals surface area contributed by atoms with E-state index >= 15 is 0 Å². The van der Waals surface area contributed by atoms with E-state index in [-0.39, 0.29) is 61.1 Å². The highest BCUT2D eigenvalue weighted by Gasteiger charge is 2.61. The molecule has 2 heterocycles. The first-order valence-corrected chi connectivity index (χ1v) is 15.6. The number of carbonyl (C=O) groups is 4. The minimum atomic E-state index is -0.848. The number of phenols is 3. The van der Waals surface area contributed by atoms with Crippen molar-refractivity contribution >= 4 is 23.6 Å². The fourth-order valence-electron chi connectivity index (χ4n) is 8.06. The zero-order chi connectivity index (χ0) is 32.3. The Morgan fingerprint density at radius 1 is 0.652 bits per heavy atom. The Morgan fingerprint density at radius 3 is 1.76 bits per heavy atom. The van der Waals surface area contributed by atoms with E-state index in [1.807, 2.05) is 6.08 Å². The molecule has 3 aromatic rings. The quantitative estimate of drug-likeness (QED) is 0.267. The second-order valence-electron chi connectivity index (χ2n) is 12.7. The standard InChI is InChI=1S/C36H33FN2O7/c37-28-17-21(5-12-29(28)42)30-24-10-11-25-31(35(45)38(33(25)43)15-13-19-1-6-22(40)7-2-19)26(24)18-27-32(30)36(46)39(34(27)44)16-14-20-3-8-23(41)9-4-20/h1-10,12,17,25-27,30-32,40-42H,11,13-16,18H2. The number of imide groups is 2. The lowest BCUT2D eigenvalue weighted by Gasteiger charge is -2.44. The maximum atomic E-state index is 14.7. The van der Waals surface area contributed by atoms with Crippen LogP contribution in [0, 0.1) is 35.4 Å². The summed E-state index contributed by atoms with van der Waals surface area (Å²) in [4.78, 5) is 58.1. The van der Waals surface area contributed by atoms with Crippen LogP contribution in [0.5, 0.6) is 17.2 Å². The van der Waals surface area contributed by atoms with Crippen LogP contribution in [0.1, 0.15) is 35.4 Å². The van der Waals surface area contributed by atoms with Crippen LogP contribution in [0.25, 0.3) is 0 Å². The van der Waals surface area contributed by atoms with Gasteiger partial charge in [0.2, 0.25) is 23.6 Å². The van der Waals surface area contributed by atoms with E-state index in [9.17, 15) is 38.9 Å². The molecule has 2 aliphatic carbocycles. The van der Waals surface area contributed by atoms with Gasteiger partial charge >= 0.3 is 0 Å². The van der Waals surface area contributed by atoms with Gasteiger partial charge in [0.25, 0.3) is 0 Å². The van der Waals surface area contributed by atoms with Crippen molar-refractivity contribution < 1.29 is 38.9 Å². The molecule has 1 saturated carbocycles. The fourth-order valence-corrected chi connectivity index (χ4v) is 8.06. The number of fused-ring (bicyclic) bond motifs is 4. The third-order valence-electron chi connectivity index (χ3n) is 10.3. The molecule has 6 atom stereocenters. The number of aromatic hydroxyl groups is 3. The molecule has 2 aliphatic heterocycles. The van der Waals surface area contributed by atoms with Gasteiger partial charge in [-0.1, -0.05) is 42.0 Å². The zero-order valence-electron chi connectivity index (χ0n) is 24.9. The molecule has 6 unspecified atom stereocenters. The Bertz CT molecular complexity index is 1770. The summed E-state index contributed by atoms with van der Waals surface area (Å²) >= 11 is 0. The third-order valence-corrected chi connectivity index (χ3v) is 10.3. The van der Waals surface area contributed by atoms with Crippen LogP contribution in [0.15, 0.2) is 78.4 Å². The first-order valence-electron chi connectivity index (χ1n) is 15.6. The third kappa shape index (κ3) is 4.92. The molecular weight excluding hydrogens is 591 g/mol. The Hall–Kier alpha value is -4.99. The number of halogens is 1. The van der Waals surface area contributed by atoms with Crippen LogP contribution in [0.4, 0.5) is 4.39 Å². The van der Waals surface area contributed by atoms with Gasteiger partial charge in [0, 0.05) is 19.0 Å². The molecule has 3 aromatic carbocycles. The number of benzene rings is 3. The van der Waals surface area contributed by atoms with Gasteiger partial charge in [-0.25, -0.2) is 4.39 Å². The number of nitrogens with zero attached hydrogens (tertiary/aromatic N) is 2. The minimum absolute atomic E-state index is 0.111. The monoisotopic (exact) mass is 624 g/mol. The summed E-state index contributed by atoms with van der Waals surface area (Å²) < 4.78 is 14.7. The Kier molecular flexibility index (Phi) is 7.38. The predicted molar refractivity (Wildman–Crippen MR) is 163 cm³/mol. The molecular formula is C36H33FN2O7. The average Bonchev–Trinajstić information content (AvgIpc) is 3.44. The molecule has 0 aromatic heterocycles. The summed E-state index contributed by atoms with van der Waals surface area (Å²) in [6.07, 6.45) is 3.22. The van der Waals surface area contributed by atoms with Crippen LogP contribution in [-0.4, -0.2) is 61.8 Å². The molecule has 4 amide bonds. The van der Waals surface area contributed by atoms with Crippen molar-refractivity contribution in [2.75, 3.05) is 13.1 Å². The highest BCUT2D eigenvalue weighted by Crippen LogP contribution is 2.58. The number of hydrogen-bond acceptors (Lipinski definition) is 7. The predicted octanol–water partition coefficient (Wildman–Crippen LogP) is 4.06. The first-order chi connectivity index (χ1) is 22.1. The fraction of sp³-hybridized carbons (Fsp3) is 0.333. The maximum Gasteiger partial charge on any atom is 0.234 e. The van der Waals surface area contributed by atoms with Crippen LogP contribution >= 0.6 is 0 Å². The van der Waals surface area contributed by atoms with Crippen molar-refractivity contribution in [2.45, 2.75) is 31.6 Å². The first kappa shape index (κ1) is 29.7. The topological polar surface area (TPSA) is 135 Å². The summed E-state index contributed by atoms with van der Waals surface area (Å²) in [7, 11) is 0. The van der Waals surface area contributed by atoms with Crippen molar-refractivity contribution in [3.63, 3.8) is 0 Å². The van der Waals surface area contributed by atoms with Gasteiger partial charge in [0.1, 0.15) is 11.5 Å². The molecule has 46 heavy (non-hydrogen) atoms. The van der Waals surface area contributed by atoms with Gasteiger partial charge in [-0.05, 0) is 84.7 Å². The second kappa shape index (κ2) is 11.4. The van der Waals surface area contributed by atoms with Crippen LogP contribution in [-0.2, 0) is 32.0 Å². The largest absolute Gasteiger partial charge is 0.508 e. The minimum Gasteiger partial charge on any atom is -0.508 e. The number of likely N-dealkylation sites (tertiary alicyclic amines) is 2. The summed E-state index contributed by atoms with van der Waals surface area (Å²) in [6.45, 7) is 0.308. The maximum absolute atomic E-state index is 14.7. The Balaban J connectivity index is 1.20. The number of phenolic OH excluding ortho intramolecular Hbond substituents is 3. The molecule has 0 spiro atoms. The van der Waals surface area contributed by atoms with Crippen molar-refractivity contribution in [1.82, 2.24) is 9.80 Å². The van der Waals surface area contributed by atoms with Gasteiger partial charge in [-0.15, -0.1) is 0 Å². The molecule has 0 bridgehead atoms. The zero-order valence-corrected chi connectivity index (χ0v) is 24.9. The summed E-state index contributed by atoms with van der Waals surface area (Å²) in [5.41, 5.74) is 2.90. The lowest BCUT2D eigenvalue weighted by molar-refractivity contribution is -0.142. The van der Waals surface area contributed by atoms with Gasteiger partial charge in [0.05, 0.1) is 23.7 Å². The average molecular weight is 625 g/mol. The Morgan fingerprint density at radius 2 is 1.20 bits per heavy atom. The summed E-state index contributed by atoms with van der Waals surface area (Å²) in [6, 6.07) is 17.1. The smallest absolute Gasteiger partial charge is 0.234 e. The highest BCUT2D eigenvalue weighted by molar-refractivity contribution is 6.08. The molecule has 0 radical (unpaired) electrons. The normalized spacial score (nSPS) is 27.0. The van der Waals surface area contributed by atoms with Crippen LogP contribution in [0.3, 0.4) is 0 Å².